The lowest BCUT2D eigenvalue weighted by molar-refractivity contribution is 0.0956. The van der Waals surface area contributed by atoms with E-state index in [9.17, 15) is 4.79 Å². The molecule has 0 fully saturated rings. The fourth-order valence-corrected chi connectivity index (χ4v) is 3.37. The number of carbonyl (C=O) groups is 1. The third-order valence-corrected chi connectivity index (χ3v) is 4.09. The summed E-state index contributed by atoms with van der Waals surface area (Å²) in [6.45, 7) is 0.866. The van der Waals surface area contributed by atoms with E-state index in [4.69, 9.17) is 5.11 Å². The molecule has 6 heteroatoms. The van der Waals surface area contributed by atoms with Crippen LogP contribution in [0.25, 0.3) is 0 Å². The zero-order chi connectivity index (χ0) is 13.4. The lowest BCUT2D eigenvalue weighted by Gasteiger charge is -2.06. The van der Waals surface area contributed by atoms with Crippen molar-refractivity contribution >= 4 is 49.5 Å². The molecule has 18 heavy (non-hydrogen) atoms. The van der Waals surface area contributed by atoms with Crippen LogP contribution >= 0.6 is 43.6 Å². The highest BCUT2D eigenvalue weighted by Crippen LogP contribution is 2.19. The first kappa shape index (κ1) is 16.0. The van der Waals surface area contributed by atoms with Gasteiger partial charge in [-0.15, -0.1) is 0 Å². The third kappa shape index (κ3) is 6.22. The van der Waals surface area contributed by atoms with Crippen LogP contribution in [0.2, 0.25) is 0 Å². The van der Waals surface area contributed by atoms with Gasteiger partial charge in [0.1, 0.15) is 0 Å². The Kier molecular flexibility index (Phi) is 7.97. The Bertz CT molecular complexity index is 381. The zero-order valence-electron chi connectivity index (χ0n) is 9.79. The molecule has 0 heterocycles. The summed E-state index contributed by atoms with van der Waals surface area (Å²) in [5.74, 6) is 1.72. The summed E-state index contributed by atoms with van der Waals surface area (Å²) in [6, 6.07) is 5.47. The van der Waals surface area contributed by atoms with Crippen molar-refractivity contribution in [1.82, 2.24) is 5.32 Å². The maximum absolute atomic E-state index is 11.8. The quantitative estimate of drug-likeness (QED) is 0.696. The SMILES string of the molecule is O=C(NCCSCCCO)c1cc(Br)cc(Br)c1. The molecular weight excluding hydrogens is 382 g/mol. The fourth-order valence-electron chi connectivity index (χ4n) is 1.29. The topological polar surface area (TPSA) is 49.3 Å². The molecule has 0 bridgehead atoms. The highest BCUT2D eigenvalue weighted by Gasteiger charge is 2.06. The van der Waals surface area contributed by atoms with E-state index < -0.39 is 0 Å². The summed E-state index contributed by atoms with van der Waals surface area (Å²) in [4.78, 5) is 11.8. The minimum Gasteiger partial charge on any atom is -0.396 e. The van der Waals surface area contributed by atoms with Crippen LogP contribution in [0, 0.1) is 0 Å². The van der Waals surface area contributed by atoms with Crippen LogP contribution < -0.4 is 5.32 Å². The number of nitrogens with one attached hydrogen (secondary N) is 1. The van der Waals surface area contributed by atoms with E-state index in [0.717, 1.165) is 26.9 Å². The Morgan fingerprint density at radius 1 is 1.22 bits per heavy atom. The van der Waals surface area contributed by atoms with Gasteiger partial charge in [-0.1, -0.05) is 31.9 Å². The summed E-state index contributed by atoms with van der Waals surface area (Å²) in [6.07, 6.45) is 0.803. The smallest absolute Gasteiger partial charge is 0.251 e. The number of aliphatic hydroxyl groups is 1. The van der Waals surface area contributed by atoms with Gasteiger partial charge >= 0.3 is 0 Å². The number of amides is 1. The summed E-state index contributed by atoms with van der Waals surface area (Å²) in [5.41, 5.74) is 0.636. The van der Waals surface area contributed by atoms with Crippen LogP contribution in [0.4, 0.5) is 0 Å². The molecule has 0 radical (unpaired) electrons. The zero-order valence-corrected chi connectivity index (χ0v) is 13.8. The van der Waals surface area contributed by atoms with Crippen LogP contribution in [0.3, 0.4) is 0 Å². The molecule has 0 saturated heterocycles. The molecule has 1 amide bonds. The van der Waals surface area contributed by atoms with Gasteiger partial charge in [0, 0.05) is 33.4 Å². The molecule has 0 saturated carbocycles. The van der Waals surface area contributed by atoms with E-state index in [0.29, 0.717) is 12.1 Å². The van der Waals surface area contributed by atoms with Gasteiger partial charge in [-0.05, 0) is 30.4 Å². The first-order valence-corrected chi connectivity index (χ1v) is 8.30. The second kappa shape index (κ2) is 8.96. The number of benzene rings is 1. The minimum atomic E-state index is -0.0697. The molecule has 0 aliphatic heterocycles. The molecular formula is C12H15Br2NO2S. The van der Waals surface area contributed by atoms with Crippen molar-refractivity contribution in [3.8, 4) is 0 Å². The van der Waals surface area contributed by atoms with Crippen molar-refractivity contribution < 1.29 is 9.90 Å². The average Bonchev–Trinajstić information content (AvgIpc) is 2.32. The molecule has 0 aromatic heterocycles. The van der Waals surface area contributed by atoms with E-state index in [1.54, 1.807) is 23.9 Å². The van der Waals surface area contributed by atoms with E-state index in [2.05, 4.69) is 37.2 Å². The van der Waals surface area contributed by atoms with Crippen molar-refractivity contribution in [3.05, 3.63) is 32.7 Å². The van der Waals surface area contributed by atoms with Gasteiger partial charge in [-0.3, -0.25) is 4.79 Å². The van der Waals surface area contributed by atoms with Gasteiger partial charge in [-0.25, -0.2) is 0 Å². The standard InChI is InChI=1S/C12H15Br2NO2S/c13-10-6-9(7-11(14)8-10)12(17)15-2-5-18-4-1-3-16/h6-8,16H,1-5H2,(H,15,17). The molecule has 100 valence electrons. The van der Waals surface area contributed by atoms with Crippen LogP contribution in [-0.2, 0) is 0 Å². The summed E-state index contributed by atoms with van der Waals surface area (Å²) >= 11 is 8.44. The van der Waals surface area contributed by atoms with Crippen molar-refractivity contribution in [2.75, 3.05) is 24.7 Å². The molecule has 2 N–H and O–H groups in total. The molecule has 0 aliphatic carbocycles. The van der Waals surface area contributed by atoms with Crippen molar-refractivity contribution in [2.45, 2.75) is 6.42 Å². The van der Waals surface area contributed by atoms with Crippen LogP contribution in [-0.4, -0.2) is 35.7 Å². The maximum atomic E-state index is 11.8. The lowest BCUT2D eigenvalue weighted by atomic mass is 10.2. The van der Waals surface area contributed by atoms with E-state index in [-0.39, 0.29) is 12.5 Å². The van der Waals surface area contributed by atoms with E-state index in [1.807, 2.05) is 6.07 Å². The lowest BCUT2D eigenvalue weighted by Crippen LogP contribution is -2.25. The van der Waals surface area contributed by atoms with Gasteiger partial charge in [0.05, 0.1) is 0 Å². The van der Waals surface area contributed by atoms with E-state index in [1.165, 1.54) is 0 Å². The molecule has 3 nitrogen and oxygen atoms in total. The third-order valence-electron chi connectivity index (χ3n) is 2.10. The first-order chi connectivity index (χ1) is 8.63. The molecule has 0 atom stereocenters. The van der Waals surface area contributed by atoms with Crippen molar-refractivity contribution in [2.24, 2.45) is 0 Å². The molecule has 1 aromatic carbocycles. The molecule has 0 spiro atoms. The molecule has 1 rings (SSSR count). The number of hydrogen-bond acceptors (Lipinski definition) is 3. The second-order valence-electron chi connectivity index (χ2n) is 3.60. The van der Waals surface area contributed by atoms with Crippen LogP contribution in [0.5, 0.6) is 0 Å². The van der Waals surface area contributed by atoms with Gasteiger partial charge in [0.25, 0.3) is 5.91 Å². The number of aliphatic hydroxyl groups excluding tert-OH is 1. The van der Waals surface area contributed by atoms with Gasteiger partial charge < -0.3 is 10.4 Å². The summed E-state index contributed by atoms with van der Waals surface area (Å²) < 4.78 is 1.75. The summed E-state index contributed by atoms with van der Waals surface area (Å²) in [5, 5.41) is 11.5. The minimum absolute atomic E-state index is 0.0697. The second-order valence-corrected chi connectivity index (χ2v) is 6.66. The van der Waals surface area contributed by atoms with Crippen LogP contribution in [0.1, 0.15) is 16.8 Å². The maximum Gasteiger partial charge on any atom is 0.251 e. The average molecular weight is 397 g/mol. The predicted molar refractivity (Wildman–Crippen MR) is 83.2 cm³/mol. The Morgan fingerprint density at radius 3 is 2.50 bits per heavy atom. The number of hydrogen-bond donors (Lipinski definition) is 2. The number of thioether (sulfide) groups is 1. The van der Waals surface area contributed by atoms with Gasteiger partial charge in [-0.2, -0.15) is 11.8 Å². The number of rotatable bonds is 7. The van der Waals surface area contributed by atoms with E-state index >= 15 is 0 Å². The Morgan fingerprint density at radius 2 is 1.89 bits per heavy atom. The molecule has 1 aromatic rings. The van der Waals surface area contributed by atoms with Gasteiger partial charge in [0.15, 0.2) is 0 Å². The van der Waals surface area contributed by atoms with Crippen LogP contribution in [0.15, 0.2) is 27.1 Å². The van der Waals surface area contributed by atoms with Crippen molar-refractivity contribution in [3.63, 3.8) is 0 Å². The fraction of sp³-hybridized carbons (Fsp3) is 0.417. The first-order valence-electron chi connectivity index (χ1n) is 5.56. The largest absolute Gasteiger partial charge is 0.396 e. The van der Waals surface area contributed by atoms with Gasteiger partial charge in [0.2, 0.25) is 0 Å². The molecule has 0 aliphatic rings. The number of carbonyl (C=O) groups excluding carboxylic acids is 1. The molecule has 0 unspecified atom stereocenters. The Balaban J connectivity index is 2.32. The summed E-state index contributed by atoms with van der Waals surface area (Å²) in [7, 11) is 0. The highest BCUT2D eigenvalue weighted by atomic mass is 79.9. The predicted octanol–water partition coefficient (Wildman–Crippen LogP) is 3.06. The number of halogens is 2. The Hall–Kier alpha value is -0.0400. The monoisotopic (exact) mass is 395 g/mol. The Labute approximate surface area is 128 Å². The van der Waals surface area contributed by atoms with Crippen molar-refractivity contribution in [1.29, 1.82) is 0 Å². The normalized spacial score (nSPS) is 10.4. The highest BCUT2D eigenvalue weighted by molar-refractivity contribution is 9.11.